The molecule has 1 spiro atoms. The molecule has 0 saturated carbocycles. The number of rotatable bonds is 3. The van der Waals surface area contributed by atoms with Gasteiger partial charge in [0.2, 0.25) is 0 Å². The Balaban J connectivity index is 1.53. The Morgan fingerprint density at radius 3 is 2.58 bits per heavy atom. The van der Waals surface area contributed by atoms with Crippen LogP contribution in [0.5, 0.6) is 0 Å². The second-order valence-corrected chi connectivity index (χ2v) is 7.35. The molecule has 2 aliphatic rings. The van der Waals surface area contributed by atoms with Gasteiger partial charge in [-0.15, -0.1) is 0 Å². The highest BCUT2D eigenvalue weighted by molar-refractivity contribution is 5.36. The molecule has 2 N–H and O–H groups in total. The average Bonchev–Trinajstić information content (AvgIpc) is 2.80. The molecule has 3 nitrogen and oxygen atoms in total. The molecule has 0 aromatic heterocycles. The van der Waals surface area contributed by atoms with Crippen LogP contribution < -0.4 is 5.32 Å². The van der Waals surface area contributed by atoms with Crippen LogP contribution in [0, 0.1) is 17.3 Å². The summed E-state index contributed by atoms with van der Waals surface area (Å²) in [7, 11) is 0. The summed E-state index contributed by atoms with van der Waals surface area (Å²) in [5.74, 6) is 6.07. The molecule has 0 aliphatic carbocycles. The molecule has 1 aromatic rings. The van der Waals surface area contributed by atoms with Crippen molar-refractivity contribution in [1.29, 1.82) is 0 Å². The minimum Gasteiger partial charge on any atom is -0.395 e. The zero-order valence-electron chi connectivity index (χ0n) is 14.7. The van der Waals surface area contributed by atoms with Gasteiger partial charge in [-0.3, -0.25) is 4.90 Å². The van der Waals surface area contributed by atoms with Crippen molar-refractivity contribution in [1.82, 2.24) is 10.2 Å². The molecule has 1 aromatic carbocycles. The zero-order chi connectivity index (χ0) is 16.7. The van der Waals surface area contributed by atoms with Crippen LogP contribution in [0.4, 0.5) is 0 Å². The predicted octanol–water partition coefficient (Wildman–Crippen LogP) is 2.78. The fourth-order valence-electron chi connectivity index (χ4n) is 4.10. The van der Waals surface area contributed by atoms with Crippen molar-refractivity contribution in [3.63, 3.8) is 0 Å². The molecule has 2 saturated heterocycles. The minimum atomic E-state index is 0.137. The first-order valence-electron chi connectivity index (χ1n) is 9.41. The van der Waals surface area contributed by atoms with Crippen LogP contribution in [0.15, 0.2) is 24.3 Å². The second kappa shape index (κ2) is 8.67. The van der Waals surface area contributed by atoms with Gasteiger partial charge in [0, 0.05) is 18.5 Å². The molecule has 0 atom stereocenters. The van der Waals surface area contributed by atoms with Crippen LogP contribution in [0.1, 0.15) is 49.7 Å². The monoisotopic (exact) mass is 326 g/mol. The van der Waals surface area contributed by atoms with Crippen LogP contribution in [-0.2, 0) is 6.54 Å². The maximum Gasteiger partial charge on any atom is 0.0540 e. The van der Waals surface area contributed by atoms with E-state index >= 15 is 0 Å². The standard InChI is InChI=1S/C21H30N2O/c24-17-2-1-4-19-5-7-20(8-6-19)18-23-15-3-9-21(12-16-23)10-13-22-14-11-21/h5-8,22,24H,2-3,9-18H2. The van der Waals surface area contributed by atoms with Crippen molar-refractivity contribution < 1.29 is 5.11 Å². The zero-order valence-corrected chi connectivity index (χ0v) is 14.7. The number of nitrogens with one attached hydrogen (secondary N) is 1. The number of piperidine rings is 1. The van der Waals surface area contributed by atoms with Crippen molar-refractivity contribution in [3.05, 3.63) is 35.4 Å². The number of hydrogen-bond donors (Lipinski definition) is 2. The van der Waals surface area contributed by atoms with Crippen molar-refractivity contribution in [2.24, 2.45) is 5.41 Å². The van der Waals surface area contributed by atoms with E-state index in [0.29, 0.717) is 11.8 Å². The van der Waals surface area contributed by atoms with Crippen molar-refractivity contribution in [3.8, 4) is 11.8 Å². The summed E-state index contributed by atoms with van der Waals surface area (Å²) >= 11 is 0. The van der Waals surface area contributed by atoms with E-state index in [0.717, 1.165) is 12.1 Å². The summed E-state index contributed by atoms with van der Waals surface area (Å²) in [6, 6.07) is 8.61. The van der Waals surface area contributed by atoms with E-state index in [1.807, 2.05) is 0 Å². The molecule has 3 rings (SSSR count). The summed E-state index contributed by atoms with van der Waals surface area (Å²) in [6.45, 7) is 6.07. The lowest BCUT2D eigenvalue weighted by Crippen LogP contribution is -2.37. The van der Waals surface area contributed by atoms with Crippen LogP contribution in [0.3, 0.4) is 0 Å². The number of benzene rings is 1. The van der Waals surface area contributed by atoms with E-state index in [4.69, 9.17) is 5.11 Å². The van der Waals surface area contributed by atoms with Gasteiger partial charge in [-0.25, -0.2) is 0 Å². The van der Waals surface area contributed by atoms with Crippen LogP contribution in [-0.4, -0.2) is 42.8 Å². The largest absolute Gasteiger partial charge is 0.395 e. The highest BCUT2D eigenvalue weighted by Gasteiger charge is 2.33. The smallest absolute Gasteiger partial charge is 0.0540 e. The Morgan fingerprint density at radius 2 is 1.83 bits per heavy atom. The van der Waals surface area contributed by atoms with Crippen LogP contribution >= 0.6 is 0 Å². The Labute approximate surface area is 146 Å². The van der Waals surface area contributed by atoms with Gasteiger partial charge in [-0.2, -0.15) is 0 Å². The molecule has 0 unspecified atom stereocenters. The van der Waals surface area contributed by atoms with Gasteiger partial charge in [0.25, 0.3) is 0 Å². The summed E-state index contributed by atoms with van der Waals surface area (Å²) < 4.78 is 0. The van der Waals surface area contributed by atoms with Gasteiger partial charge in [0.1, 0.15) is 0 Å². The summed E-state index contributed by atoms with van der Waals surface area (Å²) in [6.07, 6.45) is 7.38. The Kier molecular flexibility index (Phi) is 6.31. The molecular weight excluding hydrogens is 296 g/mol. The van der Waals surface area contributed by atoms with Gasteiger partial charge in [0.15, 0.2) is 0 Å². The lowest BCUT2D eigenvalue weighted by atomic mass is 9.73. The van der Waals surface area contributed by atoms with Gasteiger partial charge in [0.05, 0.1) is 6.61 Å². The Bertz CT molecular complexity index is 564. The third kappa shape index (κ3) is 4.83. The average molecular weight is 326 g/mol. The molecule has 130 valence electrons. The minimum absolute atomic E-state index is 0.137. The number of hydrogen-bond acceptors (Lipinski definition) is 3. The molecule has 0 radical (unpaired) electrons. The van der Waals surface area contributed by atoms with Gasteiger partial charge < -0.3 is 10.4 Å². The first-order valence-corrected chi connectivity index (χ1v) is 9.41. The number of likely N-dealkylation sites (tertiary alicyclic amines) is 1. The molecule has 2 fully saturated rings. The van der Waals surface area contributed by atoms with Crippen molar-refractivity contribution in [2.45, 2.75) is 45.1 Å². The molecule has 0 bridgehead atoms. The number of aliphatic hydroxyl groups is 1. The SMILES string of the molecule is OCCC#Cc1ccc(CN2CCCC3(CCNCC3)CC2)cc1. The van der Waals surface area contributed by atoms with E-state index in [9.17, 15) is 0 Å². The first-order chi connectivity index (χ1) is 11.8. The molecule has 3 heteroatoms. The maximum atomic E-state index is 8.77. The lowest BCUT2D eigenvalue weighted by Gasteiger charge is -2.37. The topological polar surface area (TPSA) is 35.5 Å². The van der Waals surface area contributed by atoms with Gasteiger partial charge in [-0.1, -0.05) is 24.0 Å². The van der Waals surface area contributed by atoms with Gasteiger partial charge >= 0.3 is 0 Å². The third-order valence-corrected chi connectivity index (χ3v) is 5.63. The Morgan fingerprint density at radius 1 is 1.04 bits per heavy atom. The van der Waals surface area contributed by atoms with Crippen LogP contribution in [0.25, 0.3) is 0 Å². The van der Waals surface area contributed by atoms with E-state index in [-0.39, 0.29) is 6.61 Å². The fraction of sp³-hybridized carbons (Fsp3) is 0.619. The summed E-state index contributed by atoms with van der Waals surface area (Å²) in [4.78, 5) is 2.63. The Hall–Kier alpha value is -1.34. The molecule has 24 heavy (non-hydrogen) atoms. The highest BCUT2D eigenvalue weighted by atomic mass is 16.2. The van der Waals surface area contributed by atoms with E-state index < -0.39 is 0 Å². The number of nitrogens with zero attached hydrogens (tertiary/aromatic N) is 1. The first kappa shape index (κ1) is 17.5. The third-order valence-electron chi connectivity index (χ3n) is 5.63. The molecular formula is C21H30N2O. The fourth-order valence-corrected chi connectivity index (χ4v) is 4.10. The van der Waals surface area contributed by atoms with Crippen LogP contribution in [0.2, 0.25) is 0 Å². The summed E-state index contributed by atoms with van der Waals surface area (Å²) in [5.41, 5.74) is 3.03. The van der Waals surface area contributed by atoms with Crippen molar-refractivity contribution >= 4 is 0 Å². The maximum absolute atomic E-state index is 8.77. The summed E-state index contributed by atoms with van der Waals surface area (Å²) in [5, 5.41) is 12.3. The van der Waals surface area contributed by atoms with E-state index in [1.54, 1.807) is 0 Å². The normalized spacial score (nSPS) is 21.0. The van der Waals surface area contributed by atoms with E-state index in [1.165, 1.54) is 63.8 Å². The predicted molar refractivity (Wildman–Crippen MR) is 98.7 cm³/mol. The molecule has 2 heterocycles. The second-order valence-electron chi connectivity index (χ2n) is 7.35. The lowest BCUT2D eigenvalue weighted by molar-refractivity contribution is 0.167. The van der Waals surface area contributed by atoms with Crippen molar-refractivity contribution in [2.75, 3.05) is 32.8 Å². The number of aliphatic hydroxyl groups excluding tert-OH is 1. The quantitative estimate of drug-likeness (QED) is 0.839. The van der Waals surface area contributed by atoms with E-state index in [2.05, 4.69) is 46.3 Å². The molecule has 2 aliphatic heterocycles. The van der Waals surface area contributed by atoms with Gasteiger partial charge in [-0.05, 0) is 81.4 Å². The highest BCUT2D eigenvalue weighted by Crippen LogP contribution is 2.39. The molecule has 0 amide bonds.